The normalized spacial score (nSPS) is 17.3. The highest BCUT2D eigenvalue weighted by Gasteiger charge is 2.28. The van der Waals surface area contributed by atoms with Gasteiger partial charge in [-0.2, -0.15) is 0 Å². The van der Waals surface area contributed by atoms with Gasteiger partial charge < -0.3 is 9.73 Å². The molecule has 1 N–H and O–H groups in total. The summed E-state index contributed by atoms with van der Waals surface area (Å²) in [6, 6.07) is 10.4. The van der Waals surface area contributed by atoms with Crippen LogP contribution in [-0.2, 0) is 13.0 Å². The molecule has 1 amide bonds. The van der Waals surface area contributed by atoms with E-state index >= 15 is 0 Å². The highest BCUT2D eigenvalue weighted by Crippen LogP contribution is 2.36. The lowest BCUT2D eigenvalue weighted by Crippen LogP contribution is -2.24. The van der Waals surface area contributed by atoms with Crippen LogP contribution in [0.25, 0.3) is 0 Å². The topological polar surface area (TPSA) is 58.4 Å². The number of hydrogen-bond donors (Lipinski definition) is 1. The summed E-state index contributed by atoms with van der Waals surface area (Å²) in [5, 5.41) is 3.02. The van der Waals surface area contributed by atoms with Crippen LogP contribution >= 0.6 is 11.3 Å². The summed E-state index contributed by atoms with van der Waals surface area (Å²) < 4.78 is 5.19. The molecule has 0 aliphatic carbocycles. The van der Waals surface area contributed by atoms with Crippen molar-refractivity contribution in [1.29, 1.82) is 0 Å². The Balaban J connectivity index is 1.34. The van der Waals surface area contributed by atoms with Gasteiger partial charge in [0, 0.05) is 42.0 Å². The van der Waals surface area contributed by atoms with Gasteiger partial charge in [0.25, 0.3) is 5.91 Å². The molecule has 6 heteroatoms. The van der Waals surface area contributed by atoms with E-state index in [-0.39, 0.29) is 5.91 Å². The van der Waals surface area contributed by atoms with E-state index in [1.54, 1.807) is 30.0 Å². The second-order valence-electron chi connectivity index (χ2n) is 6.82. The quantitative estimate of drug-likeness (QED) is 0.671. The van der Waals surface area contributed by atoms with E-state index in [1.807, 2.05) is 30.5 Å². The first-order valence-electron chi connectivity index (χ1n) is 9.31. The summed E-state index contributed by atoms with van der Waals surface area (Å²) in [7, 11) is 0. The molecule has 0 radical (unpaired) electrons. The number of thiophene rings is 1. The van der Waals surface area contributed by atoms with Gasteiger partial charge in [-0.1, -0.05) is 0 Å². The molecule has 27 heavy (non-hydrogen) atoms. The zero-order valence-electron chi connectivity index (χ0n) is 15.1. The molecule has 0 bridgehead atoms. The number of carbonyl (C=O) groups excluding carboxylic acids is 1. The number of furan rings is 1. The molecule has 4 heterocycles. The van der Waals surface area contributed by atoms with Crippen LogP contribution in [0, 0.1) is 0 Å². The summed E-state index contributed by atoms with van der Waals surface area (Å²) in [5.41, 5.74) is 2.38. The van der Waals surface area contributed by atoms with Crippen LogP contribution in [0.4, 0.5) is 0 Å². The first kappa shape index (κ1) is 17.9. The average Bonchev–Trinajstić information content (AvgIpc) is 3.44. The highest BCUT2D eigenvalue weighted by atomic mass is 32.1. The van der Waals surface area contributed by atoms with Crippen LogP contribution < -0.4 is 5.32 Å². The second-order valence-corrected chi connectivity index (χ2v) is 7.94. The van der Waals surface area contributed by atoms with E-state index < -0.39 is 0 Å². The Morgan fingerprint density at radius 3 is 2.93 bits per heavy atom. The predicted octanol–water partition coefficient (Wildman–Crippen LogP) is 4.05. The Hall–Kier alpha value is -2.44. The zero-order valence-corrected chi connectivity index (χ0v) is 16.0. The molecular weight excluding hydrogens is 358 g/mol. The van der Waals surface area contributed by atoms with Crippen LogP contribution in [0.2, 0.25) is 0 Å². The molecule has 1 aliphatic rings. The van der Waals surface area contributed by atoms with Crippen molar-refractivity contribution in [2.75, 3.05) is 13.1 Å². The third-order valence-electron chi connectivity index (χ3n) is 4.96. The molecule has 0 spiro atoms. The molecule has 1 saturated heterocycles. The Kier molecular flexibility index (Phi) is 5.65. The number of nitrogens with zero attached hydrogens (tertiary/aromatic N) is 2. The molecule has 1 unspecified atom stereocenters. The summed E-state index contributed by atoms with van der Waals surface area (Å²) in [6.45, 7) is 2.61. The summed E-state index contributed by atoms with van der Waals surface area (Å²) in [5.74, 6) is 0.0136. The van der Waals surface area contributed by atoms with Crippen LogP contribution in [-0.4, -0.2) is 28.9 Å². The maximum Gasteiger partial charge on any atom is 0.261 e. The number of amides is 1. The molecule has 140 valence electrons. The lowest BCUT2D eigenvalue weighted by atomic mass is 10.1. The third-order valence-corrected chi connectivity index (χ3v) is 6.14. The third kappa shape index (κ3) is 4.46. The second kappa shape index (κ2) is 8.50. The minimum Gasteiger partial charge on any atom is -0.472 e. The minimum atomic E-state index is 0.0136. The number of nitrogens with one attached hydrogen (secondary N) is 1. The first-order valence-corrected chi connectivity index (χ1v) is 10.1. The highest BCUT2D eigenvalue weighted by molar-refractivity contribution is 7.14. The van der Waals surface area contributed by atoms with Gasteiger partial charge in [0.2, 0.25) is 0 Å². The number of likely N-dealkylation sites (tertiary alicyclic amines) is 1. The van der Waals surface area contributed by atoms with Gasteiger partial charge in [-0.05, 0) is 61.7 Å². The maximum absolute atomic E-state index is 12.5. The molecule has 3 aromatic rings. The lowest BCUT2D eigenvalue weighted by molar-refractivity contribution is 0.0958. The molecule has 0 aromatic carbocycles. The Bertz CT molecular complexity index is 861. The van der Waals surface area contributed by atoms with Gasteiger partial charge in [0.15, 0.2) is 0 Å². The Morgan fingerprint density at radius 2 is 2.11 bits per heavy atom. The molecule has 0 saturated carbocycles. The zero-order chi connectivity index (χ0) is 18.5. The monoisotopic (exact) mass is 381 g/mol. The van der Waals surface area contributed by atoms with Gasteiger partial charge in [-0.15, -0.1) is 11.3 Å². The van der Waals surface area contributed by atoms with E-state index in [1.165, 1.54) is 22.4 Å². The van der Waals surface area contributed by atoms with Crippen molar-refractivity contribution in [2.24, 2.45) is 0 Å². The average molecular weight is 382 g/mol. The predicted molar refractivity (Wildman–Crippen MR) is 106 cm³/mol. The van der Waals surface area contributed by atoms with Gasteiger partial charge in [-0.3, -0.25) is 14.7 Å². The van der Waals surface area contributed by atoms with E-state index in [2.05, 4.69) is 21.3 Å². The van der Waals surface area contributed by atoms with Gasteiger partial charge >= 0.3 is 0 Å². The van der Waals surface area contributed by atoms with Crippen molar-refractivity contribution in [3.05, 3.63) is 76.1 Å². The van der Waals surface area contributed by atoms with Crippen molar-refractivity contribution in [3.63, 3.8) is 0 Å². The number of rotatable bonds is 7. The van der Waals surface area contributed by atoms with Crippen molar-refractivity contribution < 1.29 is 9.21 Å². The van der Waals surface area contributed by atoms with Crippen molar-refractivity contribution in [2.45, 2.75) is 31.8 Å². The van der Waals surface area contributed by atoms with Gasteiger partial charge in [-0.25, -0.2) is 0 Å². The largest absolute Gasteiger partial charge is 0.472 e. The summed E-state index contributed by atoms with van der Waals surface area (Å²) >= 11 is 1.61. The van der Waals surface area contributed by atoms with Crippen LogP contribution in [0.15, 0.2) is 59.7 Å². The molecule has 1 aliphatic heterocycles. The van der Waals surface area contributed by atoms with Crippen LogP contribution in [0.5, 0.6) is 0 Å². The van der Waals surface area contributed by atoms with E-state index in [4.69, 9.17) is 4.42 Å². The molecule has 4 rings (SSSR count). The number of aromatic nitrogens is 1. The van der Waals surface area contributed by atoms with Crippen LogP contribution in [0.3, 0.4) is 0 Å². The molecular formula is C21H23N3O2S. The standard InChI is InChI=1S/C21H23N3O2S/c25-21(23-11-7-16-5-9-22-10-6-16)20-4-3-19(27-20)18-2-1-12-24(18)14-17-8-13-26-15-17/h3-6,8-10,13,15,18H,1-2,7,11-12,14H2,(H,23,25). The van der Waals surface area contributed by atoms with E-state index in [9.17, 15) is 4.79 Å². The molecule has 5 nitrogen and oxygen atoms in total. The number of carbonyl (C=O) groups is 1. The van der Waals surface area contributed by atoms with Crippen LogP contribution in [0.1, 0.15) is 44.6 Å². The van der Waals surface area contributed by atoms with Crippen molar-refractivity contribution in [3.8, 4) is 0 Å². The molecule has 1 atom stereocenters. The Labute approximate surface area is 163 Å². The van der Waals surface area contributed by atoms with Gasteiger partial charge in [0.1, 0.15) is 0 Å². The fourth-order valence-corrected chi connectivity index (χ4v) is 4.66. The van der Waals surface area contributed by atoms with Gasteiger partial charge in [0.05, 0.1) is 17.4 Å². The summed E-state index contributed by atoms with van der Waals surface area (Å²) in [4.78, 5) is 21.0. The minimum absolute atomic E-state index is 0.0136. The van der Waals surface area contributed by atoms with E-state index in [0.717, 1.165) is 30.8 Å². The SMILES string of the molecule is O=C(NCCc1ccncc1)c1ccc(C2CCCN2Cc2ccoc2)s1. The summed E-state index contributed by atoms with van der Waals surface area (Å²) in [6.07, 6.45) is 10.2. The van der Waals surface area contributed by atoms with E-state index in [0.29, 0.717) is 12.6 Å². The number of pyridine rings is 1. The fraction of sp³-hybridized carbons (Fsp3) is 0.333. The van der Waals surface area contributed by atoms with Crippen molar-refractivity contribution >= 4 is 17.2 Å². The Morgan fingerprint density at radius 1 is 1.22 bits per heavy atom. The maximum atomic E-state index is 12.5. The molecule has 3 aromatic heterocycles. The number of hydrogen-bond acceptors (Lipinski definition) is 5. The van der Waals surface area contributed by atoms with Crippen molar-refractivity contribution in [1.82, 2.24) is 15.2 Å². The first-order chi connectivity index (χ1) is 13.3. The fourth-order valence-electron chi connectivity index (χ4n) is 3.57. The smallest absolute Gasteiger partial charge is 0.261 e. The lowest BCUT2D eigenvalue weighted by Gasteiger charge is -2.22. The molecule has 1 fully saturated rings.